The fraction of sp³-hybridized carbons (Fsp3) is 0.312. The topological polar surface area (TPSA) is 38.9 Å². The van der Waals surface area contributed by atoms with Crippen LogP contribution in [0.1, 0.15) is 36.4 Å². The summed E-state index contributed by atoms with van der Waals surface area (Å²) in [4.78, 5) is 3.80. The summed E-state index contributed by atoms with van der Waals surface area (Å²) < 4.78 is 13.9. The second-order valence-electron chi connectivity index (χ2n) is 5.25. The van der Waals surface area contributed by atoms with E-state index in [4.69, 9.17) is 5.73 Å². The summed E-state index contributed by atoms with van der Waals surface area (Å²) in [5.74, 6) is -0.308. The number of rotatable bonds is 3. The lowest BCUT2D eigenvalue weighted by molar-refractivity contribution is 0.193. The Balaban J connectivity index is 2.02. The van der Waals surface area contributed by atoms with Crippen molar-refractivity contribution in [1.82, 2.24) is 4.98 Å². The molecule has 1 unspecified atom stereocenters. The third-order valence-corrected chi connectivity index (χ3v) is 4.33. The van der Waals surface area contributed by atoms with Crippen molar-refractivity contribution in [3.63, 3.8) is 0 Å². The van der Waals surface area contributed by atoms with Crippen LogP contribution in [0.25, 0.3) is 0 Å². The predicted octanol–water partition coefficient (Wildman–Crippen LogP) is 3.34. The third-order valence-electron chi connectivity index (χ3n) is 4.33. The summed E-state index contributed by atoms with van der Waals surface area (Å²) in [6.07, 6.45) is 6.03. The number of benzene rings is 1. The molecule has 0 amide bonds. The van der Waals surface area contributed by atoms with Crippen molar-refractivity contribution in [2.24, 2.45) is 5.73 Å². The summed E-state index contributed by atoms with van der Waals surface area (Å²) in [6, 6.07) is 11.6. The Morgan fingerprint density at radius 3 is 2.47 bits per heavy atom. The molecule has 1 heterocycles. The molecule has 0 bridgehead atoms. The zero-order chi connectivity index (χ0) is 13.3. The molecule has 1 fully saturated rings. The van der Waals surface area contributed by atoms with Crippen LogP contribution >= 0.6 is 0 Å². The maximum Gasteiger partial charge on any atom is 0.146 e. The van der Waals surface area contributed by atoms with Gasteiger partial charge in [-0.2, -0.15) is 0 Å². The quantitative estimate of drug-likeness (QED) is 0.914. The van der Waals surface area contributed by atoms with Crippen LogP contribution in [0.5, 0.6) is 0 Å². The van der Waals surface area contributed by atoms with E-state index in [2.05, 4.69) is 17.1 Å². The van der Waals surface area contributed by atoms with Gasteiger partial charge in [0.2, 0.25) is 0 Å². The Bertz CT molecular complexity index is 564. The number of aromatic nitrogens is 1. The minimum atomic E-state index is -0.313. The maximum absolute atomic E-state index is 13.9. The molecule has 1 aromatic heterocycles. The molecule has 1 atom stereocenters. The van der Waals surface area contributed by atoms with Gasteiger partial charge in [-0.1, -0.05) is 36.8 Å². The van der Waals surface area contributed by atoms with Crippen molar-refractivity contribution in [1.29, 1.82) is 0 Å². The zero-order valence-corrected chi connectivity index (χ0v) is 10.7. The second-order valence-corrected chi connectivity index (χ2v) is 5.25. The molecule has 1 aliphatic carbocycles. The molecule has 1 saturated carbocycles. The van der Waals surface area contributed by atoms with Crippen molar-refractivity contribution in [3.05, 3.63) is 65.7 Å². The highest BCUT2D eigenvalue weighted by Gasteiger charge is 2.45. The van der Waals surface area contributed by atoms with Gasteiger partial charge in [-0.15, -0.1) is 0 Å². The standard InChI is InChI=1S/C16H17FN2/c17-14-11-19-10-7-13(14)15(18)16(8-4-9-16)12-5-2-1-3-6-12/h1-3,5-7,10-11,15H,4,8-9,18H2. The van der Waals surface area contributed by atoms with E-state index in [0.717, 1.165) is 19.3 Å². The minimum absolute atomic E-state index is 0.122. The lowest BCUT2D eigenvalue weighted by Crippen LogP contribution is -2.44. The van der Waals surface area contributed by atoms with E-state index in [1.165, 1.54) is 11.8 Å². The van der Waals surface area contributed by atoms with Gasteiger partial charge in [-0.3, -0.25) is 4.98 Å². The molecule has 2 N–H and O–H groups in total. The average Bonchev–Trinajstić information content (AvgIpc) is 2.39. The first-order valence-corrected chi connectivity index (χ1v) is 6.64. The smallest absolute Gasteiger partial charge is 0.146 e. The number of nitrogens with two attached hydrogens (primary N) is 1. The van der Waals surface area contributed by atoms with Crippen molar-refractivity contribution >= 4 is 0 Å². The van der Waals surface area contributed by atoms with Gasteiger partial charge >= 0.3 is 0 Å². The molecule has 0 radical (unpaired) electrons. The molecular weight excluding hydrogens is 239 g/mol. The first kappa shape index (κ1) is 12.3. The SMILES string of the molecule is NC(c1ccncc1F)C1(c2ccccc2)CCC1. The molecule has 0 spiro atoms. The van der Waals surface area contributed by atoms with Gasteiger partial charge in [0.1, 0.15) is 5.82 Å². The molecule has 0 aliphatic heterocycles. The monoisotopic (exact) mass is 256 g/mol. The van der Waals surface area contributed by atoms with Crippen LogP contribution < -0.4 is 5.73 Å². The molecule has 98 valence electrons. The molecule has 2 nitrogen and oxygen atoms in total. The van der Waals surface area contributed by atoms with Crippen molar-refractivity contribution in [3.8, 4) is 0 Å². The molecule has 2 aromatic rings. The Labute approximate surface area is 112 Å². The van der Waals surface area contributed by atoms with Crippen LogP contribution in [0.2, 0.25) is 0 Å². The number of hydrogen-bond donors (Lipinski definition) is 1. The first-order chi connectivity index (χ1) is 9.24. The third kappa shape index (κ3) is 1.94. The molecular formula is C16H17FN2. The maximum atomic E-state index is 13.9. The second kappa shape index (κ2) is 4.74. The Morgan fingerprint density at radius 1 is 1.16 bits per heavy atom. The van der Waals surface area contributed by atoms with Crippen LogP contribution in [0.3, 0.4) is 0 Å². The predicted molar refractivity (Wildman–Crippen MR) is 73.1 cm³/mol. The largest absolute Gasteiger partial charge is 0.323 e. The Morgan fingerprint density at radius 2 is 1.89 bits per heavy atom. The first-order valence-electron chi connectivity index (χ1n) is 6.64. The van der Waals surface area contributed by atoms with Crippen molar-refractivity contribution < 1.29 is 4.39 Å². The molecule has 0 saturated heterocycles. The van der Waals surface area contributed by atoms with Gasteiger partial charge in [-0.05, 0) is 24.5 Å². The fourth-order valence-electron chi connectivity index (χ4n) is 3.04. The van der Waals surface area contributed by atoms with E-state index < -0.39 is 0 Å². The van der Waals surface area contributed by atoms with E-state index in [0.29, 0.717) is 5.56 Å². The number of pyridine rings is 1. The van der Waals surface area contributed by atoms with Crippen LogP contribution in [0.4, 0.5) is 4.39 Å². The van der Waals surface area contributed by atoms with E-state index in [1.807, 2.05) is 18.2 Å². The highest BCUT2D eigenvalue weighted by atomic mass is 19.1. The lowest BCUT2D eigenvalue weighted by atomic mass is 9.59. The number of hydrogen-bond acceptors (Lipinski definition) is 2. The molecule has 3 rings (SSSR count). The molecule has 3 heteroatoms. The van der Waals surface area contributed by atoms with Crippen LogP contribution in [-0.4, -0.2) is 4.98 Å². The van der Waals surface area contributed by atoms with E-state index in [-0.39, 0.29) is 17.3 Å². The summed E-state index contributed by atoms with van der Waals surface area (Å²) >= 11 is 0. The fourth-order valence-corrected chi connectivity index (χ4v) is 3.04. The van der Waals surface area contributed by atoms with E-state index >= 15 is 0 Å². The van der Waals surface area contributed by atoms with Gasteiger partial charge in [0.05, 0.1) is 6.20 Å². The molecule has 1 aromatic carbocycles. The Kier molecular flexibility index (Phi) is 3.07. The van der Waals surface area contributed by atoms with Gasteiger partial charge in [0.15, 0.2) is 0 Å². The zero-order valence-electron chi connectivity index (χ0n) is 10.7. The van der Waals surface area contributed by atoms with Crippen molar-refractivity contribution in [2.45, 2.75) is 30.7 Å². The lowest BCUT2D eigenvalue weighted by Gasteiger charge is -2.47. The van der Waals surface area contributed by atoms with Gasteiger partial charge in [-0.25, -0.2) is 4.39 Å². The summed E-state index contributed by atoms with van der Waals surface area (Å²) in [6.45, 7) is 0. The number of halogens is 1. The molecule has 1 aliphatic rings. The summed E-state index contributed by atoms with van der Waals surface area (Å²) in [5, 5.41) is 0. The van der Waals surface area contributed by atoms with Crippen LogP contribution in [0.15, 0.2) is 48.8 Å². The minimum Gasteiger partial charge on any atom is -0.323 e. The Hall–Kier alpha value is -1.74. The molecule has 19 heavy (non-hydrogen) atoms. The van der Waals surface area contributed by atoms with Gasteiger partial charge in [0, 0.05) is 23.2 Å². The summed E-state index contributed by atoms with van der Waals surface area (Å²) in [5.41, 5.74) is 8.06. The van der Waals surface area contributed by atoms with E-state index in [1.54, 1.807) is 12.3 Å². The van der Waals surface area contributed by atoms with Crippen LogP contribution in [-0.2, 0) is 5.41 Å². The van der Waals surface area contributed by atoms with Gasteiger partial charge < -0.3 is 5.73 Å². The summed E-state index contributed by atoms with van der Waals surface area (Å²) in [7, 11) is 0. The normalized spacial score (nSPS) is 18.6. The van der Waals surface area contributed by atoms with Crippen molar-refractivity contribution in [2.75, 3.05) is 0 Å². The number of nitrogens with zero attached hydrogens (tertiary/aromatic N) is 1. The van der Waals surface area contributed by atoms with E-state index in [9.17, 15) is 4.39 Å². The van der Waals surface area contributed by atoms with Gasteiger partial charge in [0.25, 0.3) is 0 Å². The highest BCUT2D eigenvalue weighted by Crippen LogP contribution is 2.51. The average molecular weight is 256 g/mol. The van der Waals surface area contributed by atoms with Crippen LogP contribution in [0, 0.1) is 5.82 Å². The highest BCUT2D eigenvalue weighted by molar-refractivity contribution is 5.35.